The van der Waals surface area contributed by atoms with Crippen LogP contribution in [0.3, 0.4) is 0 Å². The van der Waals surface area contributed by atoms with Gasteiger partial charge < -0.3 is 10.2 Å². The van der Waals surface area contributed by atoms with Crippen molar-refractivity contribution in [3.8, 4) is 0 Å². The largest absolute Gasteiger partial charge is 0.396 e. The van der Waals surface area contributed by atoms with Gasteiger partial charge in [0.2, 0.25) is 0 Å². The molecule has 1 aromatic carbocycles. The molecule has 0 aliphatic carbocycles. The van der Waals surface area contributed by atoms with Crippen LogP contribution in [0.4, 0.5) is 4.39 Å². The predicted molar refractivity (Wildman–Crippen MR) is 70.9 cm³/mol. The molecular formula is C15H21FO2. The molecule has 0 saturated carbocycles. The first-order valence-electron chi connectivity index (χ1n) is 6.42. The van der Waals surface area contributed by atoms with Crippen LogP contribution >= 0.6 is 0 Å². The molecule has 1 aromatic rings. The van der Waals surface area contributed by atoms with Crippen LogP contribution in [0.5, 0.6) is 0 Å². The number of hydrogen-bond donors (Lipinski definition) is 2. The average Bonchev–Trinajstić information content (AvgIpc) is 2.42. The lowest BCUT2D eigenvalue weighted by Crippen LogP contribution is -2.08. The lowest BCUT2D eigenvalue weighted by molar-refractivity contribution is 0.172. The lowest BCUT2D eigenvalue weighted by Gasteiger charge is -2.08. The number of aliphatic hydroxyl groups is 2. The highest BCUT2D eigenvalue weighted by Crippen LogP contribution is 2.13. The summed E-state index contributed by atoms with van der Waals surface area (Å²) in [7, 11) is 0. The normalized spacial score (nSPS) is 13.6. The summed E-state index contributed by atoms with van der Waals surface area (Å²) in [6.07, 6.45) is 3.45. The Morgan fingerprint density at radius 3 is 2.61 bits per heavy atom. The molecule has 0 aromatic heterocycles. The van der Waals surface area contributed by atoms with Crippen molar-refractivity contribution in [3.63, 3.8) is 0 Å². The van der Waals surface area contributed by atoms with E-state index in [-0.39, 0.29) is 6.61 Å². The first-order chi connectivity index (χ1) is 8.74. The number of halogens is 1. The molecule has 0 radical (unpaired) electrons. The standard InChI is InChI=1S/C15H21FO2/c16-14(9-5-2-6-12-17)15(18)11-10-13-7-3-1-4-8-13/h1,3-4,7-9,15,17-18H,2,5-6,10-12H2/b14-9-. The molecule has 1 unspecified atom stereocenters. The van der Waals surface area contributed by atoms with E-state index in [1.165, 1.54) is 6.08 Å². The fourth-order valence-electron chi connectivity index (χ4n) is 1.72. The predicted octanol–water partition coefficient (Wildman–Crippen LogP) is 3.00. The number of allylic oxidation sites excluding steroid dienone is 1. The highest BCUT2D eigenvalue weighted by molar-refractivity contribution is 5.15. The lowest BCUT2D eigenvalue weighted by atomic mass is 10.1. The van der Waals surface area contributed by atoms with Gasteiger partial charge >= 0.3 is 0 Å². The Balaban J connectivity index is 2.29. The second kappa shape index (κ2) is 8.84. The van der Waals surface area contributed by atoms with Crippen LogP contribution in [0, 0.1) is 0 Å². The molecule has 0 spiro atoms. The summed E-state index contributed by atoms with van der Waals surface area (Å²) in [5.41, 5.74) is 1.10. The number of aliphatic hydroxyl groups excluding tert-OH is 2. The van der Waals surface area contributed by atoms with Gasteiger partial charge in [-0.2, -0.15) is 0 Å². The molecule has 2 N–H and O–H groups in total. The van der Waals surface area contributed by atoms with Crippen LogP contribution in [0.15, 0.2) is 42.2 Å². The maximum Gasteiger partial charge on any atom is 0.124 e. The Kier molecular flexibility index (Phi) is 7.30. The first kappa shape index (κ1) is 14.9. The number of rotatable bonds is 8. The number of benzene rings is 1. The van der Waals surface area contributed by atoms with E-state index < -0.39 is 11.9 Å². The zero-order chi connectivity index (χ0) is 13.2. The van der Waals surface area contributed by atoms with E-state index in [4.69, 9.17) is 5.11 Å². The van der Waals surface area contributed by atoms with Crippen LogP contribution in [0.25, 0.3) is 0 Å². The highest BCUT2D eigenvalue weighted by Gasteiger charge is 2.09. The minimum Gasteiger partial charge on any atom is -0.396 e. The minimum absolute atomic E-state index is 0.131. The molecule has 0 aliphatic rings. The molecule has 1 rings (SSSR count). The van der Waals surface area contributed by atoms with Crippen molar-refractivity contribution >= 4 is 0 Å². The topological polar surface area (TPSA) is 40.5 Å². The third kappa shape index (κ3) is 5.94. The van der Waals surface area contributed by atoms with E-state index in [0.29, 0.717) is 25.7 Å². The Morgan fingerprint density at radius 2 is 1.94 bits per heavy atom. The van der Waals surface area contributed by atoms with Crippen molar-refractivity contribution in [2.45, 2.75) is 38.2 Å². The molecule has 0 fully saturated rings. The summed E-state index contributed by atoms with van der Waals surface area (Å²) < 4.78 is 13.5. The summed E-state index contributed by atoms with van der Waals surface area (Å²) in [5, 5.41) is 18.2. The monoisotopic (exact) mass is 252 g/mol. The van der Waals surface area contributed by atoms with Crippen molar-refractivity contribution in [1.29, 1.82) is 0 Å². The second-order valence-corrected chi connectivity index (χ2v) is 4.35. The summed E-state index contributed by atoms with van der Waals surface area (Å²) in [5.74, 6) is -0.455. The molecule has 100 valence electrons. The van der Waals surface area contributed by atoms with E-state index in [0.717, 1.165) is 12.0 Å². The molecule has 18 heavy (non-hydrogen) atoms. The fourth-order valence-corrected chi connectivity index (χ4v) is 1.72. The van der Waals surface area contributed by atoms with E-state index in [2.05, 4.69) is 0 Å². The van der Waals surface area contributed by atoms with Gasteiger partial charge in [0.1, 0.15) is 11.9 Å². The summed E-state index contributed by atoms with van der Waals surface area (Å²) in [6, 6.07) is 9.73. The Bertz CT molecular complexity index is 349. The van der Waals surface area contributed by atoms with Gasteiger partial charge in [0.25, 0.3) is 0 Å². The maximum absolute atomic E-state index is 13.5. The Hall–Kier alpha value is -1.19. The third-order valence-corrected chi connectivity index (χ3v) is 2.82. The van der Waals surface area contributed by atoms with Gasteiger partial charge in [-0.15, -0.1) is 0 Å². The molecule has 1 atom stereocenters. The molecule has 0 amide bonds. The molecule has 3 heteroatoms. The van der Waals surface area contributed by atoms with Gasteiger partial charge in [-0.25, -0.2) is 4.39 Å². The van der Waals surface area contributed by atoms with Crippen LogP contribution < -0.4 is 0 Å². The van der Waals surface area contributed by atoms with E-state index >= 15 is 0 Å². The highest BCUT2D eigenvalue weighted by atomic mass is 19.1. The number of hydrogen-bond acceptors (Lipinski definition) is 2. The molecule has 0 heterocycles. The fraction of sp³-hybridized carbons (Fsp3) is 0.467. The van der Waals surface area contributed by atoms with Crippen molar-refractivity contribution in [1.82, 2.24) is 0 Å². The smallest absolute Gasteiger partial charge is 0.124 e. The quantitative estimate of drug-likeness (QED) is 0.698. The Morgan fingerprint density at radius 1 is 1.22 bits per heavy atom. The maximum atomic E-state index is 13.5. The average molecular weight is 252 g/mol. The van der Waals surface area contributed by atoms with E-state index in [1.807, 2.05) is 30.3 Å². The molecule has 0 bridgehead atoms. The zero-order valence-corrected chi connectivity index (χ0v) is 10.6. The number of unbranched alkanes of at least 4 members (excludes halogenated alkanes) is 2. The summed E-state index contributed by atoms with van der Waals surface area (Å²) in [4.78, 5) is 0. The van der Waals surface area contributed by atoms with Crippen LogP contribution in [-0.2, 0) is 6.42 Å². The van der Waals surface area contributed by atoms with E-state index in [1.54, 1.807) is 0 Å². The number of aryl methyl sites for hydroxylation is 1. The molecular weight excluding hydrogens is 231 g/mol. The minimum atomic E-state index is -1.01. The first-order valence-corrected chi connectivity index (χ1v) is 6.42. The van der Waals surface area contributed by atoms with Crippen molar-refractivity contribution in [2.24, 2.45) is 0 Å². The van der Waals surface area contributed by atoms with Crippen LogP contribution in [0.1, 0.15) is 31.2 Å². The molecule has 2 nitrogen and oxygen atoms in total. The van der Waals surface area contributed by atoms with Crippen LogP contribution in [-0.4, -0.2) is 22.9 Å². The van der Waals surface area contributed by atoms with Gasteiger partial charge in [0.15, 0.2) is 0 Å². The summed E-state index contributed by atoms with van der Waals surface area (Å²) in [6.45, 7) is 0.131. The second-order valence-electron chi connectivity index (χ2n) is 4.35. The Labute approximate surface area is 108 Å². The van der Waals surface area contributed by atoms with Gasteiger partial charge in [-0.3, -0.25) is 0 Å². The van der Waals surface area contributed by atoms with E-state index in [9.17, 15) is 9.50 Å². The molecule has 0 saturated heterocycles. The SMILES string of the molecule is OCCCC/C=C(\F)C(O)CCc1ccccc1. The van der Waals surface area contributed by atoms with Gasteiger partial charge in [0.05, 0.1) is 0 Å². The summed E-state index contributed by atoms with van der Waals surface area (Å²) >= 11 is 0. The molecule has 0 aliphatic heterocycles. The van der Waals surface area contributed by atoms with Gasteiger partial charge in [0, 0.05) is 6.61 Å². The van der Waals surface area contributed by atoms with Crippen LogP contribution in [0.2, 0.25) is 0 Å². The van der Waals surface area contributed by atoms with Crippen molar-refractivity contribution < 1.29 is 14.6 Å². The van der Waals surface area contributed by atoms with Crippen molar-refractivity contribution in [2.75, 3.05) is 6.61 Å². The van der Waals surface area contributed by atoms with Crippen molar-refractivity contribution in [3.05, 3.63) is 47.8 Å². The third-order valence-electron chi connectivity index (χ3n) is 2.82. The van der Waals surface area contributed by atoms with Gasteiger partial charge in [-0.05, 0) is 37.7 Å². The zero-order valence-electron chi connectivity index (χ0n) is 10.6. The van der Waals surface area contributed by atoms with Gasteiger partial charge in [-0.1, -0.05) is 36.4 Å².